The Morgan fingerprint density at radius 1 is 1.06 bits per heavy atom. The van der Waals surface area contributed by atoms with Crippen molar-refractivity contribution in [1.82, 2.24) is 4.31 Å². The number of nitrogens with zero attached hydrogens (tertiary/aromatic N) is 1. The highest BCUT2D eigenvalue weighted by molar-refractivity contribution is 7.89. The molecule has 0 radical (unpaired) electrons. The Balaban J connectivity index is 1.71. The first-order valence-corrected chi connectivity index (χ1v) is 7.90. The maximum atomic E-state index is 12.4. The molecule has 98 valence electrons. The van der Waals surface area contributed by atoms with Crippen LogP contribution in [-0.2, 0) is 19.5 Å². The Labute approximate surface area is 102 Å². The van der Waals surface area contributed by atoms with Crippen LogP contribution in [0.5, 0.6) is 0 Å². The molecule has 1 unspecified atom stereocenters. The molecule has 0 aromatic heterocycles. The summed E-state index contributed by atoms with van der Waals surface area (Å²) in [5, 5.41) is 0. The number of hydrogen-bond acceptors (Lipinski definition) is 4. The van der Waals surface area contributed by atoms with Crippen molar-refractivity contribution in [2.45, 2.75) is 43.1 Å². The first kappa shape index (κ1) is 11.9. The minimum atomic E-state index is -3.27. The van der Waals surface area contributed by atoms with Crippen molar-refractivity contribution in [2.24, 2.45) is 0 Å². The smallest absolute Gasteiger partial charge is 0.244 e. The van der Waals surface area contributed by atoms with Crippen LogP contribution in [0.3, 0.4) is 0 Å². The second-order valence-corrected chi connectivity index (χ2v) is 7.11. The van der Waals surface area contributed by atoms with Crippen LogP contribution in [0.4, 0.5) is 0 Å². The fraction of sp³-hybridized carbons (Fsp3) is 1.00. The van der Waals surface area contributed by atoms with Crippen LogP contribution < -0.4 is 0 Å². The average molecular weight is 261 g/mol. The predicted molar refractivity (Wildman–Crippen MR) is 62.0 cm³/mol. The molecule has 0 N–H and O–H groups in total. The van der Waals surface area contributed by atoms with Gasteiger partial charge in [-0.2, -0.15) is 4.31 Å². The van der Waals surface area contributed by atoms with Crippen LogP contribution in [0, 0.1) is 0 Å². The van der Waals surface area contributed by atoms with Gasteiger partial charge in [0.25, 0.3) is 0 Å². The number of ether oxygens (including phenoxy) is 2. The van der Waals surface area contributed by atoms with Gasteiger partial charge in [0.15, 0.2) is 0 Å². The quantitative estimate of drug-likeness (QED) is 0.687. The van der Waals surface area contributed by atoms with E-state index in [4.69, 9.17) is 9.47 Å². The Morgan fingerprint density at radius 2 is 1.71 bits per heavy atom. The Bertz CT molecular complexity index is 382. The van der Waals surface area contributed by atoms with Gasteiger partial charge >= 0.3 is 0 Å². The van der Waals surface area contributed by atoms with E-state index in [2.05, 4.69) is 0 Å². The Kier molecular flexibility index (Phi) is 2.93. The van der Waals surface area contributed by atoms with Gasteiger partial charge in [-0.15, -0.1) is 0 Å². The molecular formula is C11H19NO4S. The molecule has 0 aromatic rings. The molecule has 6 heteroatoms. The van der Waals surface area contributed by atoms with E-state index < -0.39 is 15.5 Å². The van der Waals surface area contributed by atoms with Crippen molar-refractivity contribution in [1.29, 1.82) is 0 Å². The maximum Gasteiger partial charge on any atom is 0.244 e. The maximum absolute atomic E-state index is 12.4. The molecule has 2 saturated heterocycles. The topological polar surface area (TPSA) is 59.1 Å². The van der Waals surface area contributed by atoms with Gasteiger partial charge in [0.2, 0.25) is 15.5 Å². The van der Waals surface area contributed by atoms with Gasteiger partial charge in [-0.05, 0) is 12.8 Å². The molecule has 1 atom stereocenters. The molecule has 3 rings (SSSR count). The van der Waals surface area contributed by atoms with E-state index >= 15 is 0 Å². The van der Waals surface area contributed by atoms with Gasteiger partial charge in [0, 0.05) is 13.1 Å². The van der Waals surface area contributed by atoms with Crippen molar-refractivity contribution in [3.63, 3.8) is 0 Å². The average Bonchev–Trinajstić information content (AvgIpc) is 3.06. The second kappa shape index (κ2) is 4.19. The molecule has 5 nitrogen and oxygen atoms in total. The molecule has 1 aliphatic carbocycles. The SMILES string of the molecule is O=S(=O)(C1OC12CCCCC2)N1CCOCC1. The summed E-state index contributed by atoms with van der Waals surface area (Å²) in [5.74, 6) is 0. The molecule has 2 aliphatic heterocycles. The van der Waals surface area contributed by atoms with Crippen molar-refractivity contribution >= 4 is 10.0 Å². The van der Waals surface area contributed by atoms with E-state index in [9.17, 15) is 8.42 Å². The van der Waals surface area contributed by atoms with E-state index in [0.717, 1.165) is 25.7 Å². The predicted octanol–water partition coefficient (Wildman–Crippen LogP) is 0.708. The van der Waals surface area contributed by atoms with Gasteiger partial charge < -0.3 is 9.47 Å². The monoisotopic (exact) mass is 261 g/mol. The van der Waals surface area contributed by atoms with Crippen LogP contribution >= 0.6 is 0 Å². The van der Waals surface area contributed by atoms with Crippen LogP contribution in [0.2, 0.25) is 0 Å². The Morgan fingerprint density at radius 3 is 2.35 bits per heavy atom. The number of rotatable bonds is 2. The fourth-order valence-corrected chi connectivity index (χ4v) is 4.97. The highest BCUT2D eigenvalue weighted by atomic mass is 32.2. The lowest BCUT2D eigenvalue weighted by Gasteiger charge is -2.26. The summed E-state index contributed by atoms with van der Waals surface area (Å²) in [4.78, 5) is 0. The summed E-state index contributed by atoms with van der Waals surface area (Å²) in [5.41, 5.74) is -0.913. The van der Waals surface area contributed by atoms with Gasteiger partial charge in [0.1, 0.15) is 5.60 Å². The standard InChI is InChI=1S/C11H19NO4S/c13-17(14,12-6-8-15-9-7-12)10-11(16-10)4-2-1-3-5-11/h10H,1-9H2. The summed E-state index contributed by atoms with van der Waals surface area (Å²) >= 11 is 0. The molecule has 3 fully saturated rings. The van der Waals surface area contributed by atoms with Crippen LogP contribution in [0.25, 0.3) is 0 Å². The zero-order valence-electron chi connectivity index (χ0n) is 9.93. The zero-order chi connectivity index (χ0) is 11.9. The van der Waals surface area contributed by atoms with E-state index in [1.54, 1.807) is 0 Å². The normalized spacial score (nSPS) is 33.8. The Hall–Kier alpha value is -0.170. The number of hydrogen-bond donors (Lipinski definition) is 0. The third-order valence-corrected chi connectivity index (χ3v) is 6.17. The molecule has 0 amide bonds. The summed E-state index contributed by atoms with van der Waals surface area (Å²) < 4.78 is 37.0. The number of epoxide rings is 1. The first-order valence-electron chi connectivity index (χ1n) is 6.40. The molecular weight excluding hydrogens is 242 g/mol. The van der Waals surface area contributed by atoms with Crippen molar-refractivity contribution in [3.05, 3.63) is 0 Å². The van der Waals surface area contributed by atoms with Crippen LogP contribution in [0.1, 0.15) is 32.1 Å². The largest absolute Gasteiger partial charge is 0.379 e. The molecule has 1 saturated carbocycles. The summed E-state index contributed by atoms with van der Waals surface area (Å²) in [6.45, 7) is 1.94. The second-order valence-electron chi connectivity index (χ2n) is 5.13. The molecule has 3 aliphatic rings. The lowest BCUT2D eigenvalue weighted by molar-refractivity contribution is 0.0725. The van der Waals surface area contributed by atoms with Gasteiger partial charge in [-0.1, -0.05) is 19.3 Å². The summed E-state index contributed by atoms with van der Waals surface area (Å²) in [6.07, 6.45) is 5.20. The third kappa shape index (κ3) is 2.01. The molecule has 17 heavy (non-hydrogen) atoms. The van der Waals surface area contributed by atoms with Gasteiger partial charge in [0.05, 0.1) is 13.2 Å². The molecule has 2 heterocycles. The third-order valence-electron chi connectivity index (χ3n) is 4.01. The highest BCUT2D eigenvalue weighted by Gasteiger charge is 2.64. The fourth-order valence-electron chi connectivity index (χ4n) is 2.95. The summed E-state index contributed by atoms with van der Waals surface area (Å²) in [7, 11) is -3.27. The van der Waals surface area contributed by atoms with Crippen LogP contribution in [-0.4, -0.2) is 50.1 Å². The lowest BCUT2D eigenvalue weighted by Crippen LogP contribution is -2.44. The minimum absolute atomic E-state index is 0.338. The highest BCUT2D eigenvalue weighted by Crippen LogP contribution is 2.51. The lowest BCUT2D eigenvalue weighted by atomic mass is 9.90. The van der Waals surface area contributed by atoms with Crippen molar-refractivity contribution < 1.29 is 17.9 Å². The molecule has 0 aromatic carbocycles. The zero-order valence-corrected chi connectivity index (χ0v) is 10.7. The van der Waals surface area contributed by atoms with Crippen molar-refractivity contribution in [2.75, 3.05) is 26.3 Å². The van der Waals surface area contributed by atoms with E-state index in [1.807, 2.05) is 0 Å². The van der Waals surface area contributed by atoms with Gasteiger partial charge in [-0.25, -0.2) is 8.42 Å². The van der Waals surface area contributed by atoms with E-state index in [0.29, 0.717) is 26.3 Å². The number of sulfonamides is 1. The molecule has 0 bridgehead atoms. The van der Waals surface area contributed by atoms with E-state index in [1.165, 1.54) is 10.7 Å². The van der Waals surface area contributed by atoms with Crippen molar-refractivity contribution in [3.8, 4) is 0 Å². The molecule has 1 spiro atoms. The van der Waals surface area contributed by atoms with E-state index in [-0.39, 0.29) is 5.60 Å². The van der Waals surface area contributed by atoms with Crippen LogP contribution in [0.15, 0.2) is 0 Å². The first-order chi connectivity index (χ1) is 8.15. The summed E-state index contributed by atoms with van der Waals surface area (Å²) in [6, 6.07) is 0. The number of morpholine rings is 1. The van der Waals surface area contributed by atoms with Gasteiger partial charge in [-0.3, -0.25) is 0 Å². The minimum Gasteiger partial charge on any atom is -0.379 e.